The summed E-state index contributed by atoms with van der Waals surface area (Å²) >= 11 is 3.41. The molecule has 4 atom stereocenters. The van der Waals surface area contributed by atoms with Crippen molar-refractivity contribution in [3.8, 4) is 0 Å². The molecule has 0 saturated heterocycles. The maximum absolute atomic E-state index is 10.8. The predicted molar refractivity (Wildman–Crippen MR) is 162 cm³/mol. The molecule has 0 saturated carbocycles. The van der Waals surface area contributed by atoms with Gasteiger partial charge in [-0.05, 0) is 31.3 Å². The van der Waals surface area contributed by atoms with Crippen molar-refractivity contribution in [1.29, 1.82) is 0 Å². The van der Waals surface area contributed by atoms with E-state index in [-0.39, 0.29) is 4.58 Å². The van der Waals surface area contributed by atoms with Gasteiger partial charge in [-0.25, -0.2) is 0 Å². The van der Waals surface area contributed by atoms with E-state index in [1.807, 2.05) is 0 Å². The summed E-state index contributed by atoms with van der Waals surface area (Å²) in [6.07, 6.45) is 21.4. The largest absolute Gasteiger partial charge is 0.391 e. The lowest BCUT2D eigenvalue weighted by atomic mass is 10.1. The summed E-state index contributed by atoms with van der Waals surface area (Å²) in [5, 5.41) is 40.8. The van der Waals surface area contributed by atoms with Crippen LogP contribution in [0.1, 0.15) is 149 Å². The summed E-state index contributed by atoms with van der Waals surface area (Å²) in [5.74, 6) is 1.92. The molecule has 0 aromatic carbocycles. The summed E-state index contributed by atoms with van der Waals surface area (Å²) in [6.45, 7) is 5.96. The van der Waals surface area contributed by atoms with Crippen molar-refractivity contribution in [2.75, 3.05) is 11.5 Å². The summed E-state index contributed by atoms with van der Waals surface area (Å²) < 4.78 is -0.175. The molecule has 0 bridgehead atoms. The van der Waals surface area contributed by atoms with Gasteiger partial charge in [-0.2, -0.15) is 0 Å². The third kappa shape index (κ3) is 21.5. The highest BCUT2D eigenvalue weighted by molar-refractivity contribution is 8.17. The third-order valence-corrected chi connectivity index (χ3v) is 10.1. The molecule has 0 spiro atoms. The van der Waals surface area contributed by atoms with E-state index in [2.05, 4.69) is 13.8 Å². The maximum atomic E-state index is 10.8. The van der Waals surface area contributed by atoms with Gasteiger partial charge >= 0.3 is 0 Å². The lowest BCUT2D eigenvalue weighted by molar-refractivity contribution is -0.0952. The van der Waals surface area contributed by atoms with Gasteiger partial charge in [0.25, 0.3) is 0 Å². The minimum Gasteiger partial charge on any atom is -0.391 e. The zero-order valence-corrected chi connectivity index (χ0v) is 25.7. The Bertz CT molecular complexity index is 413. The molecule has 0 amide bonds. The Morgan fingerprint density at radius 3 is 1.03 bits per heavy atom. The average molecular weight is 551 g/mol. The molecule has 4 N–H and O–H groups in total. The van der Waals surface area contributed by atoms with Crippen molar-refractivity contribution < 1.29 is 20.4 Å². The molecular formula is C30H62O4S2. The monoisotopic (exact) mass is 550 g/mol. The Kier molecular flexibility index (Phi) is 27.5. The summed E-state index contributed by atoms with van der Waals surface area (Å²) in [4.78, 5) is 0. The van der Waals surface area contributed by atoms with Crippen LogP contribution in [-0.2, 0) is 0 Å². The van der Waals surface area contributed by atoms with E-state index in [9.17, 15) is 20.4 Å². The van der Waals surface area contributed by atoms with Gasteiger partial charge in [0, 0.05) is 0 Å². The zero-order chi connectivity index (χ0) is 26.9. The normalized spacial score (nSPS) is 15.3. The van der Waals surface area contributed by atoms with Gasteiger partial charge in [0.2, 0.25) is 0 Å². The van der Waals surface area contributed by atoms with E-state index in [0.717, 1.165) is 24.3 Å². The van der Waals surface area contributed by atoms with Crippen LogP contribution in [-0.4, -0.2) is 60.9 Å². The standard InChI is InChI=1S/C30H62O4S2/c1-4-6-8-10-12-14-16-18-20-22-24-35-30(29(34)28(33)27(32)26(3)31)36-25-23-21-19-17-15-13-11-9-7-5-2/h26-34H,4-25H2,1-3H3/t26?,27-,28+,29+/m0/s1. The molecule has 0 aromatic rings. The van der Waals surface area contributed by atoms with Crippen LogP contribution in [0.3, 0.4) is 0 Å². The van der Waals surface area contributed by atoms with Crippen LogP contribution in [0, 0.1) is 0 Å². The fourth-order valence-electron chi connectivity index (χ4n) is 4.47. The molecule has 0 aliphatic carbocycles. The topological polar surface area (TPSA) is 80.9 Å². The van der Waals surface area contributed by atoms with Gasteiger partial charge in [0.1, 0.15) is 18.3 Å². The molecule has 6 heteroatoms. The number of hydrogen-bond donors (Lipinski definition) is 4. The molecule has 0 heterocycles. The second kappa shape index (κ2) is 27.1. The maximum Gasteiger partial charge on any atom is 0.110 e. The average Bonchev–Trinajstić information content (AvgIpc) is 2.87. The van der Waals surface area contributed by atoms with E-state index in [4.69, 9.17) is 0 Å². The Morgan fingerprint density at radius 2 is 0.722 bits per heavy atom. The molecule has 1 unspecified atom stereocenters. The Hall–Kier alpha value is 0.540. The van der Waals surface area contributed by atoms with E-state index in [0.29, 0.717) is 0 Å². The first-order chi connectivity index (χ1) is 17.5. The van der Waals surface area contributed by atoms with E-state index >= 15 is 0 Å². The highest BCUT2D eigenvalue weighted by Gasteiger charge is 2.33. The molecule has 0 radical (unpaired) electrons. The predicted octanol–water partition coefficient (Wildman–Crippen LogP) is 8.08. The Balaban J connectivity index is 4.14. The van der Waals surface area contributed by atoms with E-state index < -0.39 is 24.4 Å². The molecule has 0 aromatic heterocycles. The van der Waals surface area contributed by atoms with Gasteiger partial charge in [-0.1, -0.05) is 129 Å². The van der Waals surface area contributed by atoms with Crippen molar-refractivity contribution in [3.05, 3.63) is 0 Å². The van der Waals surface area contributed by atoms with Crippen LogP contribution in [0.2, 0.25) is 0 Å². The first-order valence-electron chi connectivity index (χ1n) is 15.4. The molecule has 0 rings (SSSR count). The van der Waals surface area contributed by atoms with Gasteiger partial charge in [-0.15, -0.1) is 23.5 Å². The quantitative estimate of drug-likeness (QED) is 0.0582. The van der Waals surface area contributed by atoms with Gasteiger partial charge in [0.05, 0.1) is 10.7 Å². The van der Waals surface area contributed by atoms with Crippen molar-refractivity contribution in [2.24, 2.45) is 0 Å². The Labute approximate surface area is 233 Å². The number of rotatable bonds is 28. The van der Waals surface area contributed by atoms with Crippen molar-refractivity contribution in [2.45, 2.75) is 178 Å². The lowest BCUT2D eigenvalue weighted by Crippen LogP contribution is -2.46. The molecule has 36 heavy (non-hydrogen) atoms. The van der Waals surface area contributed by atoms with Crippen LogP contribution >= 0.6 is 23.5 Å². The van der Waals surface area contributed by atoms with Crippen LogP contribution in [0.25, 0.3) is 0 Å². The van der Waals surface area contributed by atoms with Gasteiger partial charge in [0.15, 0.2) is 0 Å². The number of hydrogen-bond acceptors (Lipinski definition) is 6. The molecule has 0 fully saturated rings. The third-order valence-electron chi connectivity index (χ3n) is 7.03. The number of unbranched alkanes of at least 4 members (excludes halogenated alkanes) is 18. The fraction of sp³-hybridized carbons (Fsp3) is 1.00. The molecule has 0 aliphatic heterocycles. The number of thioether (sulfide) groups is 2. The summed E-state index contributed by atoms with van der Waals surface area (Å²) in [5.41, 5.74) is 0. The van der Waals surface area contributed by atoms with E-state index in [1.54, 1.807) is 23.5 Å². The first kappa shape index (κ1) is 36.5. The van der Waals surface area contributed by atoms with Crippen LogP contribution < -0.4 is 0 Å². The van der Waals surface area contributed by atoms with E-state index in [1.165, 1.54) is 122 Å². The summed E-state index contributed by atoms with van der Waals surface area (Å²) in [7, 11) is 0. The lowest BCUT2D eigenvalue weighted by Gasteiger charge is -2.30. The van der Waals surface area contributed by atoms with Crippen molar-refractivity contribution >= 4 is 23.5 Å². The smallest absolute Gasteiger partial charge is 0.110 e. The molecular weight excluding hydrogens is 488 g/mol. The number of aliphatic hydroxyl groups is 4. The minimum atomic E-state index is -1.32. The fourth-order valence-corrected chi connectivity index (χ4v) is 7.36. The summed E-state index contributed by atoms with van der Waals surface area (Å²) in [6, 6.07) is 0. The Morgan fingerprint density at radius 1 is 0.417 bits per heavy atom. The van der Waals surface area contributed by atoms with Gasteiger partial charge < -0.3 is 20.4 Å². The second-order valence-corrected chi connectivity index (χ2v) is 13.5. The van der Waals surface area contributed by atoms with Crippen LogP contribution in [0.15, 0.2) is 0 Å². The second-order valence-electron chi connectivity index (χ2n) is 10.7. The minimum absolute atomic E-state index is 0.175. The first-order valence-corrected chi connectivity index (χ1v) is 17.5. The SMILES string of the molecule is CCCCCCCCCCCCSC(SCCCCCCCCCCCC)[C@H](O)[C@H](O)[C@@H](O)C(C)O. The molecule has 0 aliphatic rings. The molecule has 218 valence electrons. The van der Waals surface area contributed by atoms with Crippen LogP contribution in [0.5, 0.6) is 0 Å². The van der Waals surface area contributed by atoms with Crippen molar-refractivity contribution in [3.63, 3.8) is 0 Å². The zero-order valence-electron chi connectivity index (χ0n) is 24.0. The highest BCUT2D eigenvalue weighted by Crippen LogP contribution is 2.31. The molecule has 4 nitrogen and oxygen atoms in total. The van der Waals surface area contributed by atoms with Crippen molar-refractivity contribution in [1.82, 2.24) is 0 Å². The van der Waals surface area contributed by atoms with Crippen LogP contribution in [0.4, 0.5) is 0 Å². The van der Waals surface area contributed by atoms with Gasteiger partial charge in [-0.3, -0.25) is 0 Å². The number of aliphatic hydroxyl groups excluding tert-OH is 4. The highest BCUT2D eigenvalue weighted by atomic mass is 32.2.